The minimum absolute atomic E-state index is 0.0551. The highest BCUT2D eigenvalue weighted by Crippen LogP contribution is 2.23. The third-order valence-electron chi connectivity index (χ3n) is 2.53. The van der Waals surface area contributed by atoms with Crippen LogP contribution in [0, 0.1) is 0 Å². The molecule has 0 aliphatic rings. The lowest BCUT2D eigenvalue weighted by molar-refractivity contribution is 0.0709. The first-order chi connectivity index (χ1) is 8.60. The summed E-state index contributed by atoms with van der Waals surface area (Å²) in [5.74, 6) is 0.611. The third-order valence-corrected chi connectivity index (χ3v) is 3.22. The summed E-state index contributed by atoms with van der Waals surface area (Å²) in [5, 5.41) is 0. The molecule has 1 aromatic carbocycles. The first-order valence-corrected chi connectivity index (χ1v) is 6.56. The molecular weight excluding hydrogens is 298 g/mol. The van der Waals surface area contributed by atoms with Gasteiger partial charge >= 0.3 is 0 Å². The van der Waals surface area contributed by atoms with Crippen molar-refractivity contribution in [2.45, 2.75) is 6.92 Å². The van der Waals surface area contributed by atoms with E-state index in [1.807, 2.05) is 13.0 Å². The van der Waals surface area contributed by atoms with Gasteiger partial charge in [-0.05, 0) is 41.1 Å². The predicted octanol–water partition coefficient (Wildman–Crippen LogP) is 2.57. The van der Waals surface area contributed by atoms with Gasteiger partial charge in [0.2, 0.25) is 0 Å². The van der Waals surface area contributed by atoms with E-state index >= 15 is 0 Å². The van der Waals surface area contributed by atoms with Crippen LogP contribution in [-0.2, 0) is 4.74 Å². The number of rotatable bonds is 6. The first-order valence-electron chi connectivity index (χ1n) is 5.77. The molecule has 0 aliphatic carbocycles. The number of halogens is 1. The molecule has 0 N–H and O–H groups in total. The average molecular weight is 316 g/mol. The first kappa shape index (κ1) is 15.0. The van der Waals surface area contributed by atoms with Gasteiger partial charge in [0.05, 0.1) is 19.3 Å². The van der Waals surface area contributed by atoms with Crippen LogP contribution in [0.1, 0.15) is 17.3 Å². The van der Waals surface area contributed by atoms with E-state index in [4.69, 9.17) is 9.47 Å². The number of likely N-dealkylation sites (N-methyl/N-ethyl adjacent to an activating group) is 1. The molecule has 0 fully saturated rings. The molecule has 0 aliphatic heterocycles. The van der Waals surface area contributed by atoms with Gasteiger partial charge in [-0.1, -0.05) is 0 Å². The quantitative estimate of drug-likeness (QED) is 0.757. The summed E-state index contributed by atoms with van der Waals surface area (Å²) in [6.07, 6.45) is 0. The summed E-state index contributed by atoms with van der Waals surface area (Å²) >= 11 is 3.38. The predicted molar refractivity (Wildman–Crippen MR) is 74.1 cm³/mol. The number of carbonyl (C=O) groups is 1. The molecule has 0 saturated carbocycles. The molecule has 0 aromatic heterocycles. The molecule has 0 bridgehead atoms. The maximum Gasteiger partial charge on any atom is 0.254 e. The van der Waals surface area contributed by atoms with Gasteiger partial charge in [-0.25, -0.2) is 0 Å². The molecule has 1 amide bonds. The van der Waals surface area contributed by atoms with Crippen molar-refractivity contribution in [1.29, 1.82) is 0 Å². The Labute approximate surface area is 116 Å². The van der Waals surface area contributed by atoms with E-state index < -0.39 is 0 Å². The molecule has 0 heterocycles. The summed E-state index contributed by atoms with van der Waals surface area (Å²) in [5.41, 5.74) is 0.591. The fourth-order valence-corrected chi connectivity index (χ4v) is 1.86. The Hall–Kier alpha value is -1.07. The van der Waals surface area contributed by atoms with Crippen molar-refractivity contribution >= 4 is 21.8 Å². The molecule has 0 unspecified atom stereocenters. The van der Waals surface area contributed by atoms with Gasteiger partial charge < -0.3 is 14.4 Å². The van der Waals surface area contributed by atoms with Crippen molar-refractivity contribution in [2.75, 3.05) is 33.9 Å². The molecule has 1 aromatic rings. The average Bonchev–Trinajstić information content (AvgIpc) is 2.38. The van der Waals surface area contributed by atoms with E-state index in [0.717, 1.165) is 4.47 Å². The highest BCUT2D eigenvalue weighted by Gasteiger charge is 2.15. The monoisotopic (exact) mass is 315 g/mol. The number of nitrogens with zero attached hydrogens (tertiary/aromatic N) is 1. The second-order valence-corrected chi connectivity index (χ2v) is 4.62. The van der Waals surface area contributed by atoms with Crippen LogP contribution < -0.4 is 4.74 Å². The Morgan fingerprint density at radius 1 is 1.44 bits per heavy atom. The van der Waals surface area contributed by atoms with E-state index in [2.05, 4.69) is 15.9 Å². The van der Waals surface area contributed by atoms with Crippen LogP contribution in [0.15, 0.2) is 22.7 Å². The van der Waals surface area contributed by atoms with Crippen molar-refractivity contribution in [3.05, 3.63) is 28.2 Å². The fourth-order valence-electron chi connectivity index (χ4n) is 1.45. The lowest BCUT2D eigenvalue weighted by atomic mass is 10.2. The number of methoxy groups -OCH3 is 1. The zero-order valence-corrected chi connectivity index (χ0v) is 12.5. The second kappa shape index (κ2) is 7.38. The Morgan fingerprint density at radius 2 is 2.17 bits per heavy atom. The Morgan fingerprint density at radius 3 is 2.78 bits per heavy atom. The molecule has 0 atom stereocenters. The van der Waals surface area contributed by atoms with E-state index in [0.29, 0.717) is 31.1 Å². The van der Waals surface area contributed by atoms with E-state index in [1.54, 1.807) is 31.2 Å². The van der Waals surface area contributed by atoms with Crippen LogP contribution in [0.2, 0.25) is 0 Å². The number of carbonyl (C=O) groups excluding carboxylic acids is 1. The standard InChI is InChI=1S/C13H18BrNO3/c1-4-18-8-7-15(2)13(16)11-9-10(17-3)5-6-12(11)14/h5-6,9H,4,7-8H2,1-3H3. The number of amides is 1. The molecular formula is C13H18BrNO3. The minimum Gasteiger partial charge on any atom is -0.497 e. The zero-order valence-electron chi connectivity index (χ0n) is 10.9. The highest BCUT2D eigenvalue weighted by molar-refractivity contribution is 9.10. The SMILES string of the molecule is CCOCCN(C)C(=O)c1cc(OC)ccc1Br. The molecule has 18 heavy (non-hydrogen) atoms. The highest BCUT2D eigenvalue weighted by atomic mass is 79.9. The van der Waals surface area contributed by atoms with Crippen LogP contribution in [0.25, 0.3) is 0 Å². The lowest BCUT2D eigenvalue weighted by Crippen LogP contribution is -2.30. The summed E-state index contributed by atoms with van der Waals surface area (Å²) < 4.78 is 11.1. The Balaban J connectivity index is 2.76. The Kier molecular flexibility index (Phi) is 6.15. The van der Waals surface area contributed by atoms with Gasteiger partial charge in [-0.2, -0.15) is 0 Å². The summed E-state index contributed by atoms with van der Waals surface area (Å²) in [6, 6.07) is 5.34. The summed E-state index contributed by atoms with van der Waals surface area (Å²) in [6.45, 7) is 3.70. The molecule has 0 radical (unpaired) electrons. The van der Waals surface area contributed by atoms with Gasteiger partial charge in [-0.3, -0.25) is 4.79 Å². The normalized spacial score (nSPS) is 10.2. The van der Waals surface area contributed by atoms with E-state index in [-0.39, 0.29) is 5.91 Å². The number of hydrogen-bond acceptors (Lipinski definition) is 3. The number of ether oxygens (including phenoxy) is 2. The Bertz CT molecular complexity index is 409. The number of benzene rings is 1. The van der Waals surface area contributed by atoms with Crippen molar-refractivity contribution in [2.24, 2.45) is 0 Å². The van der Waals surface area contributed by atoms with E-state index in [9.17, 15) is 4.79 Å². The maximum atomic E-state index is 12.2. The fraction of sp³-hybridized carbons (Fsp3) is 0.462. The number of hydrogen-bond donors (Lipinski definition) is 0. The van der Waals surface area contributed by atoms with Gasteiger partial charge in [0.15, 0.2) is 0 Å². The summed E-state index contributed by atoms with van der Waals surface area (Å²) in [4.78, 5) is 13.8. The van der Waals surface area contributed by atoms with Gasteiger partial charge in [0, 0.05) is 24.7 Å². The van der Waals surface area contributed by atoms with Crippen molar-refractivity contribution < 1.29 is 14.3 Å². The van der Waals surface area contributed by atoms with Crippen LogP contribution in [0.3, 0.4) is 0 Å². The summed E-state index contributed by atoms with van der Waals surface area (Å²) in [7, 11) is 3.34. The second-order valence-electron chi connectivity index (χ2n) is 3.77. The van der Waals surface area contributed by atoms with Gasteiger partial charge in [0.1, 0.15) is 5.75 Å². The van der Waals surface area contributed by atoms with Crippen molar-refractivity contribution in [1.82, 2.24) is 4.90 Å². The zero-order chi connectivity index (χ0) is 13.5. The van der Waals surface area contributed by atoms with Gasteiger partial charge in [0.25, 0.3) is 5.91 Å². The molecule has 1 rings (SSSR count). The lowest BCUT2D eigenvalue weighted by Gasteiger charge is -2.18. The topological polar surface area (TPSA) is 38.8 Å². The van der Waals surface area contributed by atoms with Crippen LogP contribution in [-0.4, -0.2) is 44.7 Å². The molecule has 100 valence electrons. The van der Waals surface area contributed by atoms with E-state index in [1.165, 1.54) is 0 Å². The third kappa shape index (κ3) is 3.99. The molecule has 0 saturated heterocycles. The molecule has 4 nitrogen and oxygen atoms in total. The van der Waals surface area contributed by atoms with Gasteiger partial charge in [-0.15, -0.1) is 0 Å². The molecule has 5 heteroatoms. The van der Waals surface area contributed by atoms with Crippen molar-refractivity contribution in [3.8, 4) is 5.75 Å². The smallest absolute Gasteiger partial charge is 0.254 e. The largest absolute Gasteiger partial charge is 0.497 e. The van der Waals surface area contributed by atoms with Crippen molar-refractivity contribution in [3.63, 3.8) is 0 Å². The minimum atomic E-state index is -0.0551. The molecule has 0 spiro atoms. The maximum absolute atomic E-state index is 12.2. The van der Waals surface area contributed by atoms with Crippen LogP contribution in [0.5, 0.6) is 5.75 Å². The van der Waals surface area contributed by atoms with Crippen LogP contribution in [0.4, 0.5) is 0 Å². The van der Waals surface area contributed by atoms with Crippen LogP contribution >= 0.6 is 15.9 Å².